The molecule has 1 rings (SSSR count). The number of esters is 2. The van der Waals surface area contributed by atoms with Crippen LogP contribution in [0.4, 0.5) is 0 Å². The Bertz CT molecular complexity index is 497. The number of hydrogen-bond donors (Lipinski definition) is 0. The van der Waals surface area contributed by atoms with Crippen molar-refractivity contribution >= 4 is 11.9 Å². The second-order valence-electron chi connectivity index (χ2n) is 6.68. The first-order valence-corrected chi connectivity index (χ1v) is 8.29. The van der Waals surface area contributed by atoms with Gasteiger partial charge >= 0.3 is 11.9 Å². The highest BCUT2D eigenvalue weighted by atomic mass is 16.5. The lowest BCUT2D eigenvalue weighted by Crippen LogP contribution is -2.11. The molecule has 0 spiro atoms. The molecule has 0 bridgehead atoms. The monoisotopic (exact) mass is 320 g/mol. The van der Waals surface area contributed by atoms with E-state index in [-0.39, 0.29) is 17.4 Å². The van der Waals surface area contributed by atoms with Gasteiger partial charge in [-0.05, 0) is 42.4 Å². The number of benzene rings is 1. The first kappa shape index (κ1) is 19.2. The van der Waals surface area contributed by atoms with Gasteiger partial charge in [-0.3, -0.25) is 9.59 Å². The molecule has 0 fully saturated rings. The standard InChI is InChI=1S/C19H28O4/c1-5-14-22-17(20)8-6-7-9-18(21)23-16-12-10-15(11-13-16)19(2,3)4/h10-13H,5-9,14H2,1-4H3. The van der Waals surface area contributed by atoms with Crippen LogP contribution in [0.25, 0.3) is 0 Å². The molecule has 0 atom stereocenters. The molecular weight excluding hydrogens is 292 g/mol. The Morgan fingerprint density at radius 3 is 2.04 bits per heavy atom. The van der Waals surface area contributed by atoms with E-state index in [4.69, 9.17) is 9.47 Å². The number of carbonyl (C=O) groups excluding carboxylic acids is 2. The van der Waals surface area contributed by atoms with Crippen LogP contribution in [0.1, 0.15) is 65.4 Å². The highest BCUT2D eigenvalue weighted by Crippen LogP contribution is 2.24. The van der Waals surface area contributed by atoms with Crippen molar-refractivity contribution in [1.82, 2.24) is 0 Å². The van der Waals surface area contributed by atoms with Crippen LogP contribution in [0.2, 0.25) is 0 Å². The van der Waals surface area contributed by atoms with Crippen LogP contribution in [-0.4, -0.2) is 18.5 Å². The minimum atomic E-state index is -0.268. The molecule has 0 aliphatic rings. The van der Waals surface area contributed by atoms with Crippen LogP contribution < -0.4 is 4.74 Å². The Morgan fingerprint density at radius 2 is 1.52 bits per heavy atom. The molecule has 128 valence electrons. The maximum atomic E-state index is 11.8. The van der Waals surface area contributed by atoms with Gasteiger partial charge in [0.25, 0.3) is 0 Å². The van der Waals surface area contributed by atoms with Crippen LogP contribution >= 0.6 is 0 Å². The zero-order valence-corrected chi connectivity index (χ0v) is 14.7. The summed E-state index contributed by atoms with van der Waals surface area (Å²) in [6, 6.07) is 7.60. The Morgan fingerprint density at radius 1 is 0.957 bits per heavy atom. The molecule has 0 radical (unpaired) electrons. The van der Waals surface area contributed by atoms with Gasteiger partial charge in [0.2, 0.25) is 0 Å². The molecule has 0 heterocycles. The minimum Gasteiger partial charge on any atom is -0.466 e. The van der Waals surface area contributed by atoms with Crippen LogP contribution in [0.3, 0.4) is 0 Å². The molecule has 1 aromatic rings. The van der Waals surface area contributed by atoms with E-state index >= 15 is 0 Å². The van der Waals surface area contributed by atoms with Crippen LogP contribution in [0, 0.1) is 0 Å². The number of hydrogen-bond acceptors (Lipinski definition) is 4. The van der Waals surface area contributed by atoms with Gasteiger partial charge in [-0.2, -0.15) is 0 Å². The number of ether oxygens (including phenoxy) is 2. The summed E-state index contributed by atoms with van der Waals surface area (Å²) in [5.41, 5.74) is 1.28. The molecule has 23 heavy (non-hydrogen) atoms. The van der Waals surface area contributed by atoms with E-state index in [0.717, 1.165) is 6.42 Å². The molecule has 1 aromatic carbocycles. The van der Waals surface area contributed by atoms with Crippen molar-refractivity contribution in [3.8, 4) is 5.75 Å². The summed E-state index contributed by atoms with van der Waals surface area (Å²) >= 11 is 0. The van der Waals surface area contributed by atoms with Gasteiger partial charge in [0.15, 0.2) is 0 Å². The van der Waals surface area contributed by atoms with Crippen LogP contribution in [0.5, 0.6) is 5.75 Å². The fourth-order valence-electron chi connectivity index (χ4n) is 2.03. The third kappa shape index (κ3) is 7.82. The largest absolute Gasteiger partial charge is 0.466 e. The Kier molecular flexibility index (Phi) is 7.79. The number of carbonyl (C=O) groups is 2. The molecule has 0 aliphatic carbocycles. The van der Waals surface area contributed by atoms with E-state index in [1.807, 2.05) is 31.2 Å². The van der Waals surface area contributed by atoms with E-state index in [1.54, 1.807) is 0 Å². The predicted molar refractivity (Wildman–Crippen MR) is 90.5 cm³/mol. The van der Waals surface area contributed by atoms with E-state index in [2.05, 4.69) is 20.8 Å². The van der Waals surface area contributed by atoms with Gasteiger partial charge in [-0.25, -0.2) is 0 Å². The van der Waals surface area contributed by atoms with Crippen molar-refractivity contribution in [3.63, 3.8) is 0 Å². The van der Waals surface area contributed by atoms with Gasteiger partial charge in [0, 0.05) is 12.8 Å². The second kappa shape index (κ2) is 9.33. The smallest absolute Gasteiger partial charge is 0.311 e. The normalized spacial score (nSPS) is 11.1. The number of unbranched alkanes of at least 4 members (excludes halogenated alkanes) is 1. The summed E-state index contributed by atoms with van der Waals surface area (Å²) in [6.45, 7) is 8.83. The molecule has 0 saturated heterocycles. The van der Waals surface area contributed by atoms with Crippen molar-refractivity contribution in [2.75, 3.05) is 6.61 Å². The maximum absolute atomic E-state index is 11.8. The van der Waals surface area contributed by atoms with Crippen molar-refractivity contribution < 1.29 is 19.1 Å². The highest BCUT2D eigenvalue weighted by molar-refractivity contribution is 5.72. The number of rotatable bonds is 8. The Labute approximate surface area is 139 Å². The minimum absolute atomic E-state index is 0.0783. The summed E-state index contributed by atoms with van der Waals surface area (Å²) in [6.07, 6.45) is 2.75. The average molecular weight is 320 g/mol. The van der Waals surface area contributed by atoms with Gasteiger partial charge in [0.1, 0.15) is 5.75 Å². The third-order valence-corrected chi connectivity index (χ3v) is 3.43. The quantitative estimate of drug-likeness (QED) is 0.404. The molecule has 0 N–H and O–H groups in total. The van der Waals surface area contributed by atoms with E-state index in [0.29, 0.717) is 38.0 Å². The zero-order valence-electron chi connectivity index (χ0n) is 14.7. The lowest BCUT2D eigenvalue weighted by Gasteiger charge is -2.18. The van der Waals surface area contributed by atoms with Crippen molar-refractivity contribution in [1.29, 1.82) is 0 Å². The van der Waals surface area contributed by atoms with Gasteiger partial charge < -0.3 is 9.47 Å². The van der Waals surface area contributed by atoms with E-state index in [9.17, 15) is 9.59 Å². The summed E-state index contributed by atoms with van der Waals surface area (Å²) < 4.78 is 10.3. The molecule has 0 aliphatic heterocycles. The summed E-state index contributed by atoms with van der Waals surface area (Å²) in [5.74, 6) is 0.0961. The fourth-order valence-corrected chi connectivity index (χ4v) is 2.03. The zero-order chi connectivity index (χ0) is 17.3. The van der Waals surface area contributed by atoms with E-state index < -0.39 is 0 Å². The first-order valence-electron chi connectivity index (χ1n) is 8.29. The molecule has 0 amide bonds. The van der Waals surface area contributed by atoms with Gasteiger partial charge in [-0.15, -0.1) is 0 Å². The summed E-state index contributed by atoms with van der Waals surface area (Å²) in [5, 5.41) is 0. The molecule has 4 heteroatoms. The Hall–Kier alpha value is -1.84. The van der Waals surface area contributed by atoms with E-state index in [1.165, 1.54) is 5.56 Å². The lowest BCUT2D eigenvalue weighted by molar-refractivity contribution is -0.144. The highest BCUT2D eigenvalue weighted by Gasteiger charge is 2.13. The first-order chi connectivity index (χ1) is 10.8. The van der Waals surface area contributed by atoms with Gasteiger partial charge in [-0.1, -0.05) is 39.8 Å². The molecular formula is C19H28O4. The molecule has 0 unspecified atom stereocenters. The SMILES string of the molecule is CCCOC(=O)CCCCC(=O)Oc1ccc(C(C)(C)C)cc1. The van der Waals surface area contributed by atoms with Crippen molar-refractivity contribution in [2.45, 2.75) is 65.2 Å². The van der Waals surface area contributed by atoms with Crippen LogP contribution in [-0.2, 0) is 19.7 Å². The average Bonchev–Trinajstić information content (AvgIpc) is 2.49. The van der Waals surface area contributed by atoms with Crippen molar-refractivity contribution in [3.05, 3.63) is 29.8 Å². The summed E-state index contributed by atoms with van der Waals surface area (Å²) in [7, 11) is 0. The molecule has 0 saturated carbocycles. The maximum Gasteiger partial charge on any atom is 0.311 e. The topological polar surface area (TPSA) is 52.6 Å². The lowest BCUT2D eigenvalue weighted by atomic mass is 9.87. The Balaban J connectivity index is 2.27. The second-order valence-corrected chi connectivity index (χ2v) is 6.68. The molecule has 0 aromatic heterocycles. The molecule has 4 nitrogen and oxygen atoms in total. The fraction of sp³-hybridized carbons (Fsp3) is 0.579. The predicted octanol–water partition coefficient (Wildman–Crippen LogP) is 4.40. The van der Waals surface area contributed by atoms with Crippen LogP contribution in [0.15, 0.2) is 24.3 Å². The van der Waals surface area contributed by atoms with Gasteiger partial charge in [0.05, 0.1) is 6.61 Å². The van der Waals surface area contributed by atoms with Crippen molar-refractivity contribution in [2.24, 2.45) is 0 Å². The summed E-state index contributed by atoms with van der Waals surface area (Å²) in [4.78, 5) is 23.1. The third-order valence-electron chi connectivity index (χ3n) is 3.43.